The number of hydrogen-bond donors (Lipinski definition) is 1. The zero-order valence-corrected chi connectivity index (χ0v) is 13.3. The lowest BCUT2D eigenvalue weighted by Crippen LogP contribution is -2.20. The zero-order valence-electron chi connectivity index (χ0n) is 12.5. The number of rotatable bonds is 7. The molecule has 20 heavy (non-hydrogen) atoms. The van der Waals surface area contributed by atoms with Crippen molar-refractivity contribution in [3.05, 3.63) is 51.5 Å². The summed E-state index contributed by atoms with van der Waals surface area (Å²) in [5, 5.41) is 3.22. The second kappa shape index (κ2) is 7.53. The molecule has 0 aliphatic rings. The molecular weight excluding hydrogens is 266 g/mol. The number of hydrogen-bond acceptors (Lipinski definition) is 4. The van der Waals surface area contributed by atoms with Crippen molar-refractivity contribution in [3.63, 3.8) is 0 Å². The van der Waals surface area contributed by atoms with Gasteiger partial charge in [-0.3, -0.25) is 4.98 Å². The molecule has 0 saturated heterocycles. The molecule has 2 aromatic heterocycles. The molecule has 108 valence electrons. The van der Waals surface area contributed by atoms with E-state index in [0.29, 0.717) is 0 Å². The van der Waals surface area contributed by atoms with Gasteiger partial charge in [-0.15, -0.1) is 11.3 Å². The molecule has 0 bridgehead atoms. The van der Waals surface area contributed by atoms with Gasteiger partial charge in [0, 0.05) is 41.8 Å². The van der Waals surface area contributed by atoms with Gasteiger partial charge in [0.1, 0.15) is 0 Å². The van der Waals surface area contributed by atoms with Crippen LogP contribution >= 0.6 is 11.3 Å². The van der Waals surface area contributed by atoms with Gasteiger partial charge in [-0.2, -0.15) is 0 Å². The van der Waals surface area contributed by atoms with Crippen molar-refractivity contribution in [2.24, 2.45) is 0 Å². The highest BCUT2D eigenvalue weighted by molar-refractivity contribution is 7.12. The molecule has 0 amide bonds. The fraction of sp³-hybridized carbons (Fsp3) is 0.438. The van der Waals surface area contributed by atoms with E-state index in [2.05, 4.69) is 47.4 Å². The topological polar surface area (TPSA) is 28.2 Å². The van der Waals surface area contributed by atoms with E-state index in [4.69, 9.17) is 0 Å². The molecule has 2 aromatic rings. The first kappa shape index (κ1) is 15.2. The Hall–Kier alpha value is -1.23. The first-order valence-electron chi connectivity index (χ1n) is 6.99. The Morgan fingerprint density at radius 3 is 2.75 bits per heavy atom. The molecule has 0 aliphatic heterocycles. The highest BCUT2D eigenvalue weighted by Gasteiger charge is 2.08. The molecule has 0 radical (unpaired) electrons. The lowest BCUT2D eigenvalue weighted by atomic mass is 10.2. The zero-order chi connectivity index (χ0) is 14.4. The second-order valence-electron chi connectivity index (χ2n) is 5.17. The first-order valence-corrected chi connectivity index (χ1v) is 7.81. The van der Waals surface area contributed by atoms with Crippen molar-refractivity contribution in [3.8, 4) is 0 Å². The maximum Gasteiger partial charge on any atom is 0.0296 e. The molecule has 0 unspecified atom stereocenters. The van der Waals surface area contributed by atoms with Crippen molar-refractivity contribution in [1.29, 1.82) is 0 Å². The van der Waals surface area contributed by atoms with E-state index in [1.807, 2.05) is 30.8 Å². The van der Waals surface area contributed by atoms with E-state index >= 15 is 0 Å². The molecule has 1 N–H and O–H groups in total. The Morgan fingerprint density at radius 1 is 1.30 bits per heavy atom. The molecule has 0 fully saturated rings. The summed E-state index contributed by atoms with van der Waals surface area (Å²) in [4.78, 5) is 9.30. The Bertz CT molecular complexity index is 522. The van der Waals surface area contributed by atoms with Crippen molar-refractivity contribution < 1.29 is 0 Å². The smallest absolute Gasteiger partial charge is 0.0296 e. The van der Waals surface area contributed by atoms with E-state index in [-0.39, 0.29) is 0 Å². The number of aryl methyl sites for hydroxylation is 1. The van der Waals surface area contributed by atoms with Crippen LogP contribution in [0.2, 0.25) is 0 Å². The van der Waals surface area contributed by atoms with Crippen LogP contribution < -0.4 is 5.32 Å². The highest BCUT2D eigenvalue weighted by Crippen LogP contribution is 2.22. The summed E-state index contributed by atoms with van der Waals surface area (Å²) in [5.41, 5.74) is 2.81. The van der Waals surface area contributed by atoms with E-state index < -0.39 is 0 Å². The molecule has 2 heterocycles. The van der Waals surface area contributed by atoms with E-state index in [1.165, 1.54) is 20.9 Å². The largest absolute Gasteiger partial charge is 0.315 e. The summed E-state index contributed by atoms with van der Waals surface area (Å²) >= 11 is 1.90. The highest BCUT2D eigenvalue weighted by atomic mass is 32.1. The van der Waals surface area contributed by atoms with Gasteiger partial charge in [-0.25, -0.2) is 0 Å². The van der Waals surface area contributed by atoms with Crippen molar-refractivity contribution in [1.82, 2.24) is 15.2 Å². The average molecular weight is 289 g/mol. The summed E-state index contributed by atoms with van der Waals surface area (Å²) in [6.07, 6.45) is 4.80. The Labute approximate surface area is 125 Å². The predicted octanol–water partition coefficient (Wildman–Crippen LogP) is 2.85. The minimum absolute atomic E-state index is 0.965. The minimum atomic E-state index is 0.965. The van der Waals surface area contributed by atoms with E-state index in [1.54, 1.807) is 0 Å². The number of likely N-dealkylation sites (N-methyl/N-ethyl adjacent to an activating group) is 1. The summed E-state index contributed by atoms with van der Waals surface area (Å²) in [5.74, 6) is 0. The third kappa shape index (κ3) is 4.40. The van der Waals surface area contributed by atoms with Crippen molar-refractivity contribution >= 4 is 11.3 Å². The molecule has 0 spiro atoms. The van der Waals surface area contributed by atoms with Crippen LogP contribution in [0.5, 0.6) is 0 Å². The molecule has 4 heteroatoms. The van der Waals surface area contributed by atoms with Crippen LogP contribution in [0.4, 0.5) is 0 Å². The van der Waals surface area contributed by atoms with Crippen LogP contribution in [-0.2, 0) is 19.5 Å². The Balaban J connectivity index is 1.86. The van der Waals surface area contributed by atoms with Gasteiger partial charge in [0.15, 0.2) is 0 Å². The SMILES string of the molecule is CNCc1cc(CN(C)CCc2ccncc2)c(C)s1. The number of pyridine rings is 1. The lowest BCUT2D eigenvalue weighted by Gasteiger charge is -2.16. The molecule has 0 aromatic carbocycles. The van der Waals surface area contributed by atoms with Gasteiger partial charge in [0.05, 0.1) is 0 Å². The summed E-state index contributed by atoms with van der Waals surface area (Å²) in [6, 6.07) is 6.52. The summed E-state index contributed by atoms with van der Waals surface area (Å²) in [6.45, 7) is 5.28. The normalized spacial score (nSPS) is 11.2. The van der Waals surface area contributed by atoms with Crippen molar-refractivity contribution in [2.45, 2.75) is 26.4 Å². The van der Waals surface area contributed by atoms with E-state index in [9.17, 15) is 0 Å². The van der Waals surface area contributed by atoms with Crippen LogP contribution in [-0.4, -0.2) is 30.5 Å². The van der Waals surface area contributed by atoms with Gasteiger partial charge >= 0.3 is 0 Å². The van der Waals surface area contributed by atoms with Gasteiger partial charge in [0.2, 0.25) is 0 Å². The summed E-state index contributed by atoms with van der Waals surface area (Å²) in [7, 11) is 4.19. The fourth-order valence-electron chi connectivity index (χ4n) is 2.25. The van der Waals surface area contributed by atoms with Gasteiger partial charge in [-0.1, -0.05) is 0 Å². The standard InChI is InChI=1S/C16H23N3S/c1-13-15(10-16(20-13)11-17-2)12-19(3)9-6-14-4-7-18-8-5-14/h4-5,7-8,10,17H,6,9,11-12H2,1-3H3. The molecule has 0 atom stereocenters. The van der Waals surface area contributed by atoms with Gasteiger partial charge in [-0.05, 0) is 56.8 Å². The monoisotopic (exact) mass is 289 g/mol. The number of nitrogens with one attached hydrogen (secondary N) is 1. The second-order valence-corrected chi connectivity index (χ2v) is 6.51. The fourth-order valence-corrected chi connectivity index (χ4v) is 3.31. The molecule has 0 saturated carbocycles. The number of nitrogens with zero attached hydrogens (tertiary/aromatic N) is 2. The van der Waals surface area contributed by atoms with Gasteiger partial charge in [0.25, 0.3) is 0 Å². The molecule has 0 aliphatic carbocycles. The van der Waals surface area contributed by atoms with Crippen LogP contribution in [0.25, 0.3) is 0 Å². The van der Waals surface area contributed by atoms with Crippen LogP contribution in [0.15, 0.2) is 30.6 Å². The molecule has 2 rings (SSSR count). The van der Waals surface area contributed by atoms with Gasteiger partial charge < -0.3 is 10.2 Å². The minimum Gasteiger partial charge on any atom is -0.315 e. The molecular formula is C16H23N3S. The lowest BCUT2D eigenvalue weighted by molar-refractivity contribution is 0.331. The third-order valence-electron chi connectivity index (χ3n) is 3.39. The molecule has 3 nitrogen and oxygen atoms in total. The third-order valence-corrected chi connectivity index (χ3v) is 4.49. The average Bonchev–Trinajstić information content (AvgIpc) is 2.78. The van der Waals surface area contributed by atoms with Crippen LogP contribution in [0.3, 0.4) is 0 Å². The van der Waals surface area contributed by atoms with E-state index in [0.717, 1.165) is 26.1 Å². The number of aromatic nitrogens is 1. The van der Waals surface area contributed by atoms with Crippen LogP contribution in [0.1, 0.15) is 20.9 Å². The van der Waals surface area contributed by atoms with Crippen molar-refractivity contribution in [2.75, 3.05) is 20.6 Å². The first-order chi connectivity index (χ1) is 9.69. The summed E-state index contributed by atoms with van der Waals surface area (Å²) < 4.78 is 0. The predicted molar refractivity (Wildman–Crippen MR) is 86.1 cm³/mol. The van der Waals surface area contributed by atoms with Crippen LogP contribution in [0, 0.1) is 6.92 Å². The Morgan fingerprint density at radius 2 is 2.05 bits per heavy atom. The number of thiophene rings is 1. The quantitative estimate of drug-likeness (QED) is 0.849. The maximum absolute atomic E-state index is 4.05. The Kier molecular flexibility index (Phi) is 5.71. The maximum atomic E-state index is 4.05.